The Kier molecular flexibility index (Phi) is 3.55. The van der Waals surface area contributed by atoms with E-state index in [-0.39, 0.29) is 17.5 Å². The van der Waals surface area contributed by atoms with Gasteiger partial charge >= 0.3 is 5.69 Å². The molecule has 0 aliphatic heterocycles. The van der Waals surface area contributed by atoms with E-state index in [0.29, 0.717) is 13.0 Å². The predicted octanol–water partition coefficient (Wildman–Crippen LogP) is 0.262. The first-order valence-corrected chi connectivity index (χ1v) is 6.07. The van der Waals surface area contributed by atoms with Crippen molar-refractivity contribution in [1.82, 2.24) is 19.1 Å². The Hall–Kier alpha value is -2.31. The molecule has 2 rings (SSSR count). The summed E-state index contributed by atoms with van der Waals surface area (Å²) in [5.41, 5.74) is -0.916. The molecule has 102 valence electrons. The quantitative estimate of drug-likeness (QED) is 0.828. The number of aromatic hydroxyl groups is 1. The SMILES string of the molecule is CCc1c(O)n(C(C)Cn2ccnc2)c(=O)[nH]c1=O. The molecular weight excluding hydrogens is 248 g/mol. The lowest BCUT2D eigenvalue weighted by molar-refractivity contribution is 0.346. The largest absolute Gasteiger partial charge is 0.494 e. The first-order valence-electron chi connectivity index (χ1n) is 6.07. The second-order valence-corrected chi connectivity index (χ2v) is 4.39. The minimum absolute atomic E-state index is 0.220. The summed E-state index contributed by atoms with van der Waals surface area (Å²) in [4.78, 5) is 29.5. The molecule has 0 aromatic carbocycles. The Morgan fingerprint density at radius 1 is 1.47 bits per heavy atom. The van der Waals surface area contributed by atoms with Crippen LogP contribution in [0.3, 0.4) is 0 Å². The first kappa shape index (κ1) is 13.1. The van der Waals surface area contributed by atoms with Crippen molar-refractivity contribution in [2.75, 3.05) is 0 Å². The normalized spacial score (nSPS) is 12.5. The van der Waals surface area contributed by atoms with Crippen molar-refractivity contribution in [1.29, 1.82) is 0 Å². The summed E-state index contributed by atoms with van der Waals surface area (Å²) in [6.07, 6.45) is 5.40. The smallest absolute Gasteiger partial charge is 0.331 e. The minimum Gasteiger partial charge on any atom is -0.494 e. The number of aromatic amines is 1. The summed E-state index contributed by atoms with van der Waals surface area (Å²) in [5, 5.41) is 10.1. The van der Waals surface area contributed by atoms with E-state index in [1.165, 1.54) is 4.57 Å². The van der Waals surface area contributed by atoms with Crippen LogP contribution in [0.25, 0.3) is 0 Å². The van der Waals surface area contributed by atoms with Crippen molar-refractivity contribution in [3.8, 4) is 5.88 Å². The fraction of sp³-hybridized carbons (Fsp3) is 0.417. The van der Waals surface area contributed by atoms with E-state index < -0.39 is 11.2 Å². The molecule has 0 bridgehead atoms. The molecule has 1 atom stereocenters. The van der Waals surface area contributed by atoms with E-state index in [4.69, 9.17) is 0 Å². The maximum atomic E-state index is 11.8. The van der Waals surface area contributed by atoms with Crippen LogP contribution in [0.1, 0.15) is 25.5 Å². The molecule has 2 heterocycles. The van der Waals surface area contributed by atoms with Gasteiger partial charge < -0.3 is 9.67 Å². The number of imidazole rings is 1. The van der Waals surface area contributed by atoms with Crippen LogP contribution < -0.4 is 11.2 Å². The lowest BCUT2D eigenvalue weighted by Gasteiger charge is -2.18. The Bertz CT molecular complexity index is 669. The van der Waals surface area contributed by atoms with Crippen LogP contribution in [-0.4, -0.2) is 24.2 Å². The average Bonchev–Trinajstić information content (AvgIpc) is 2.81. The standard InChI is InChI=1S/C12H16N4O3/c1-3-9-10(17)14-12(19)16(11(9)18)8(2)6-15-5-4-13-7-15/h4-5,7-8,18H,3,6H2,1-2H3,(H,14,17,19). The Morgan fingerprint density at radius 3 is 2.79 bits per heavy atom. The second-order valence-electron chi connectivity index (χ2n) is 4.39. The zero-order valence-electron chi connectivity index (χ0n) is 10.8. The maximum absolute atomic E-state index is 11.8. The molecule has 2 N–H and O–H groups in total. The Balaban J connectivity index is 2.44. The van der Waals surface area contributed by atoms with Gasteiger partial charge in [0.1, 0.15) is 0 Å². The van der Waals surface area contributed by atoms with Crippen molar-refractivity contribution in [2.45, 2.75) is 32.9 Å². The number of rotatable bonds is 4. The molecule has 0 aliphatic rings. The molecule has 19 heavy (non-hydrogen) atoms. The number of nitrogens with one attached hydrogen (secondary N) is 1. The Labute approximate surface area is 109 Å². The van der Waals surface area contributed by atoms with Crippen LogP contribution in [0.4, 0.5) is 0 Å². The van der Waals surface area contributed by atoms with Gasteiger partial charge in [0, 0.05) is 18.9 Å². The van der Waals surface area contributed by atoms with Crippen molar-refractivity contribution in [2.24, 2.45) is 0 Å². The molecule has 0 saturated heterocycles. The summed E-state index contributed by atoms with van der Waals surface area (Å²) in [7, 11) is 0. The molecule has 0 radical (unpaired) electrons. The van der Waals surface area contributed by atoms with E-state index in [2.05, 4.69) is 9.97 Å². The molecule has 7 nitrogen and oxygen atoms in total. The maximum Gasteiger partial charge on any atom is 0.331 e. The third-order valence-corrected chi connectivity index (χ3v) is 3.04. The van der Waals surface area contributed by atoms with Crippen molar-refractivity contribution in [3.05, 3.63) is 45.1 Å². The van der Waals surface area contributed by atoms with Gasteiger partial charge in [-0.1, -0.05) is 6.92 Å². The predicted molar refractivity (Wildman–Crippen MR) is 69.3 cm³/mol. The number of nitrogens with zero attached hydrogens (tertiary/aromatic N) is 3. The summed E-state index contributed by atoms with van der Waals surface area (Å²) >= 11 is 0. The highest BCUT2D eigenvalue weighted by atomic mass is 16.3. The molecular formula is C12H16N4O3. The van der Waals surface area contributed by atoms with Gasteiger partial charge in [0.25, 0.3) is 5.56 Å². The summed E-state index contributed by atoms with van der Waals surface area (Å²) < 4.78 is 2.99. The lowest BCUT2D eigenvalue weighted by atomic mass is 10.2. The molecule has 0 saturated carbocycles. The van der Waals surface area contributed by atoms with Crippen LogP contribution in [0, 0.1) is 0 Å². The van der Waals surface area contributed by atoms with Crippen LogP contribution in [0.5, 0.6) is 5.88 Å². The number of hydrogen-bond acceptors (Lipinski definition) is 4. The van der Waals surface area contributed by atoms with Gasteiger partial charge in [0.2, 0.25) is 5.88 Å². The number of hydrogen-bond donors (Lipinski definition) is 2. The number of aromatic nitrogens is 4. The summed E-state index contributed by atoms with van der Waals surface area (Å²) in [5.74, 6) is -0.260. The summed E-state index contributed by atoms with van der Waals surface area (Å²) in [6, 6.07) is -0.302. The highest BCUT2D eigenvalue weighted by molar-refractivity contribution is 5.22. The highest BCUT2D eigenvalue weighted by Crippen LogP contribution is 2.17. The van der Waals surface area contributed by atoms with E-state index in [1.807, 2.05) is 0 Å². The first-order chi connectivity index (χ1) is 9.04. The van der Waals surface area contributed by atoms with Crippen LogP contribution in [0.15, 0.2) is 28.3 Å². The minimum atomic E-state index is -0.604. The molecule has 2 aromatic heterocycles. The van der Waals surface area contributed by atoms with E-state index >= 15 is 0 Å². The third-order valence-electron chi connectivity index (χ3n) is 3.04. The monoisotopic (exact) mass is 264 g/mol. The highest BCUT2D eigenvalue weighted by Gasteiger charge is 2.17. The fourth-order valence-corrected chi connectivity index (χ4v) is 2.08. The molecule has 0 spiro atoms. The van der Waals surface area contributed by atoms with Crippen molar-refractivity contribution < 1.29 is 5.11 Å². The molecule has 2 aromatic rings. The van der Waals surface area contributed by atoms with E-state index in [0.717, 1.165) is 0 Å². The Morgan fingerprint density at radius 2 is 2.21 bits per heavy atom. The van der Waals surface area contributed by atoms with Gasteiger partial charge in [-0.2, -0.15) is 0 Å². The second kappa shape index (κ2) is 5.13. The molecule has 7 heteroatoms. The average molecular weight is 264 g/mol. The number of H-pyrrole nitrogens is 1. The van der Waals surface area contributed by atoms with Gasteiger partial charge in [-0.25, -0.2) is 9.78 Å². The molecule has 1 unspecified atom stereocenters. The van der Waals surface area contributed by atoms with Gasteiger partial charge in [0.15, 0.2) is 0 Å². The van der Waals surface area contributed by atoms with Crippen LogP contribution >= 0.6 is 0 Å². The lowest BCUT2D eigenvalue weighted by Crippen LogP contribution is -2.34. The topological polar surface area (TPSA) is 92.9 Å². The zero-order valence-corrected chi connectivity index (χ0v) is 10.8. The fourth-order valence-electron chi connectivity index (χ4n) is 2.08. The van der Waals surface area contributed by atoms with Gasteiger partial charge in [0.05, 0.1) is 17.9 Å². The van der Waals surface area contributed by atoms with E-state index in [1.54, 1.807) is 37.1 Å². The van der Waals surface area contributed by atoms with E-state index in [9.17, 15) is 14.7 Å². The summed E-state index contributed by atoms with van der Waals surface area (Å²) in [6.45, 7) is 4.02. The van der Waals surface area contributed by atoms with Crippen molar-refractivity contribution in [3.63, 3.8) is 0 Å². The molecule has 0 amide bonds. The zero-order chi connectivity index (χ0) is 14.0. The molecule has 0 aliphatic carbocycles. The van der Waals surface area contributed by atoms with Gasteiger partial charge in [-0.15, -0.1) is 0 Å². The third kappa shape index (κ3) is 2.44. The van der Waals surface area contributed by atoms with Gasteiger partial charge in [-0.05, 0) is 13.3 Å². The molecule has 0 fully saturated rings. The van der Waals surface area contributed by atoms with Crippen molar-refractivity contribution >= 4 is 0 Å². The van der Waals surface area contributed by atoms with Crippen LogP contribution in [-0.2, 0) is 13.0 Å². The van der Waals surface area contributed by atoms with Gasteiger partial charge in [-0.3, -0.25) is 14.3 Å². The van der Waals surface area contributed by atoms with Crippen LogP contribution in [0.2, 0.25) is 0 Å².